The summed E-state index contributed by atoms with van der Waals surface area (Å²) in [7, 11) is 0. The Morgan fingerprint density at radius 3 is 2.50 bits per heavy atom. The van der Waals surface area contributed by atoms with Crippen molar-refractivity contribution in [2.75, 3.05) is 25.0 Å². The Morgan fingerprint density at radius 1 is 1.20 bits per heavy atom. The van der Waals surface area contributed by atoms with Crippen molar-refractivity contribution in [3.8, 4) is 0 Å². The van der Waals surface area contributed by atoms with Gasteiger partial charge in [-0.2, -0.15) is 0 Å². The molecular weight excluding hydrogens is 279 g/mol. The predicted molar refractivity (Wildman–Crippen MR) is 78.7 cm³/mol. The van der Waals surface area contributed by atoms with Crippen LogP contribution in [0.25, 0.3) is 0 Å². The molecular formula is C15H21ClFN2O+. The summed E-state index contributed by atoms with van der Waals surface area (Å²) in [5.74, 6) is -0.629. The lowest BCUT2D eigenvalue weighted by atomic mass is 10.1. The smallest absolute Gasteiger partial charge is 0.279 e. The highest BCUT2D eigenvalue weighted by Crippen LogP contribution is 2.18. The van der Waals surface area contributed by atoms with Gasteiger partial charge in [0.2, 0.25) is 0 Å². The van der Waals surface area contributed by atoms with Crippen molar-refractivity contribution in [1.82, 2.24) is 0 Å². The van der Waals surface area contributed by atoms with Crippen LogP contribution in [0, 0.1) is 5.82 Å². The molecule has 1 aliphatic rings. The van der Waals surface area contributed by atoms with E-state index in [2.05, 4.69) is 5.32 Å². The van der Waals surface area contributed by atoms with Crippen LogP contribution in [0.2, 0.25) is 5.02 Å². The monoisotopic (exact) mass is 299 g/mol. The number of quaternary nitrogens is 1. The van der Waals surface area contributed by atoms with E-state index in [4.69, 9.17) is 11.6 Å². The SMILES string of the molecule is O=C(C[NH+]1CCCCCCC1)Nc1ccc(Cl)cc1F. The molecule has 110 valence electrons. The zero-order valence-corrected chi connectivity index (χ0v) is 12.3. The van der Waals surface area contributed by atoms with Gasteiger partial charge in [-0.25, -0.2) is 4.39 Å². The minimum atomic E-state index is -0.492. The number of hydrogen-bond acceptors (Lipinski definition) is 1. The van der Waals surface area contributed by atoms with E-state index in [0.717, 1.165) is 25.9 Å². The summed E-state index contributed by atoms with van der Waals surface area (Å²) in [4.78, 5) is 13.3. The van der Waals surface area contributed by atoms with Gasteiger partial charge in [0.25, 0.3) is 5.91 Å². The Bertz CT molecular complexity index is 459. The molecule has 0 unspecified atom stereocenters. The fraction of sp³-hybridized carbons (Fsp3) is 0.533. The van der Waals surface area contributed by atoms with E-state index in [0.29, 0.717) is 11.6 Å². The highest BCUT2D eigenvalue weighted by Gasteiger charge is 2.16. The molecule has 1 aliphatic heterocycles. The molecule has 0 bridgehead atoms. The van der Waals surface area contributed by atoms with E-state index in [1.807, 2.05) is 0 Å². The highest BCUT2D eigenvalue weighted by atomic mass is 35.5. The third-order valence-corrected chi connectivity index (χ3v) is 3.91. The van der Waals surface area contributed by atoms with Gasteiger partial charge < -0.3 is 10.2 Å². The van der Waals surface area contributed by atoms with Gasteiger partial charge >= 0.3 is 0 Å². The molecule has 0 atom stereocenters. The Kier molecular flexibility index (Phi) is 5.80. The number of carbonyl (C=O) groups is 1. The number of rotatable bonds is 3. The Labute approximate surface area is 124 Å². The van der Waals surface area contributed by atoms with Crippen molar-refractivity contribution >= 4 is 23.2 Å². The first-order valence-electron chi connectivity index (χ1n) is 7.23. The molecule has 2 rings (SSSR count). The molecule has 1 heterocycles. The van der Waals surface area contributed by atoms with Crippen molar-refractivity contribution in [2.45, 2.75) is 32.1 Å². The van der Waals surface area contributed by atoms with Gasteiger partial charge in [0.1, 0.15) is 5.82 Å². The maximum Gasteiger partial charge on any atom is 0.279 e. The van der Waals surface area contributed by atoms with E-state index in [-0.39, 0.29) is 11.6 Å². The topological polar surface area (TPSA) is 33.5 Å². The van der Waals surface area contributed by atoms with Gasteiger partial charge in [0, 0.05) is 5.02 Å². The van der Waals surface area contributed by atoms with E-state index in [1.165, 1.54) is 36.3 Å². The molecule has 3 nitrogen and oxygen atoms in total. The molecule has 1 saturated heterocycles. The number of hydrogen-bond donors (Lipinski definition) is 2. The zero-order valence-electron chi connectivity index (χ0n) is 11.6. The van der Waals surface area contributed by atoms with Crippen LogP contribution in [0.15, 0.2) is 18.2 Å². The predicted octanol–water partition coefficient (Wildman–Crippen LogP) is 2.27. The average molecular weight is 300 g/mol. The summed E-state index contributed by atoms with van der Waals surface area (Å²) >= 11 is 5.69. The lowest BCUT2D eigenvalue weighted by Gasteiger charge is -2.21. The van der Waals surface area contributed by atoms with Gasteiger partial charge in [-0.05, 0) is 43.9 Å². The molecule has 2 N–H and O–H groups in total. The summed E-state index contributed by atoms with van der Waals surface area (Å²) in [6.07, 6.45) is 6.12. The van der Waals surface area contributed by atoms with Crippen molar-refractivity contribution in [3.63, 3.8) is 0 Å². The van der Waals surface area contributed by atoms with Crippen LogP contribution in [-0.4, -0.2) is 25.5 Å². The number of benzene rings is 1. The lowest BCUT2D eigenvalue weighted by Crippen LogP contribution is -3.13. The molecule has 0 radical (unpaired) electrons. The second kappa shape index (κ2) is 7.60. The van der Waals surface area contributed by atoms with E-state index >= 15 is 0 Å². The van der Waals surface area contributed by atoms with Gasteiger partial charge in [0.15, 0.2) is 6.54 Å². The molecule has 0 aromatic heterocycles. The third-order valence-electron chi connectivity index (χ3n) is 3.68. The Morgan fingerprint density at radius 2 is 1.85 bits per heavy atom. The van der Waals surface area contributed by atoms with Crippen LogP contribution in [-0.2, 0) is 4.79 Å². The summed E-state index contributed by atoms with van der Waals surface area (Å²) in [6, 6.07) is 4.28. The molecule has 1 fully saturated rings. The van der Waals surface area contributed by atoms with E-state index < -0.39 is 5.82 Å². The quantitative estimate of drug-likeness (QED) is 0.882. The molecule has 0 saturated carbocycles. The summed E-state index contributed by atoms with van der Waals surface area (Å²) in [5.41, 5.74) is 0.200. The second-order valence-corrected chi connectivity index (χ2v) is 5.80. The maximum atomic E-state index is 13.6. The summed E-state index contributed by atoms with van der Waals surface area (Å²) in [6.45, 7) is 2.45. The maximum absolute atomic E-state index is 13.6. The molecule has 0 aliphatic carbocycles. The largest absolute Gasteiger partial charge is 0.327 e. The van der Waals surface area contributed by atoms with Crippen LogP contribution in [0.4, 0.5) is 10.1 Å². The molecule has 1 aromatic carbocycles. The summed E-state index contributed by atoms with van der Waals surface area (Å²) in [5, 5.41) is 2.96. The first kappa shape index (κ1) is 15.3. The number of carbonyl (C=O) groups excluding carboxylic acids is 1. The normalized spacial score (nSPS) is 17.3. The second-order valence-electron chi connectivity index (χ2n) is 5.37. The molecule has 0 spiro atoms. The first-order chi connectivity index (χ1) is 9.65. The number of anilines is 1. The lowest BCUT2D eigenvalue weighted by molar-refractivity contribution is -0.892. The van der Waals surface area contributed by atoms with Crippen molar-refractivity contribution in [1.29, 1.82) is 0 Å². The molecule has 1 aromatic rings. The van der Waals surface area contributed by atoms with E-state index in [1.54, 1.807) is 6.07 Å². The Balaban J connectivity index is 1.87. The standard InChI is InChI=1S/C15H20ClFN2O/c16-12-6-7-14(13(17)10-12)18-15(20)11-19-8-4-2-1-3-5-9-19/h6-7,10H,1-5,8-9,11H2,(H,18,20)/p+1. The minimum Gasteiger partial charge on any atom is -0.327 e. The van der Waals surface area contributed by atoms with Gasteiger partial charge in [-0.15, -0.1) is 0 Å². The van der Waals surface area contributed by atoms with E-state index in [9.17, 15) is 9.18 Å². The number of nitrogens with one attached hydrogen (secondary N) is 2. The zero-order chi connectivity index (χ0) is 14.4. The van der Waals surface area contributed by atoms with Gasteiger partial charge in [-0.3, -0.25) is 4.79 Å². The number of likely N-dealkylation sites (tertiary alicyclic amines) is 1. The number of amides is 1. The van der Waals surface area contributed by atoms with Crippen molar-refractivity contribution in [3.05, 3.63) is 29.0 Å². The average Bonchev–Trinajstić information content (AvgIpc) is 2.36. The third kappa shape index (κ3) is 4.76. The fourth-order valence-electron chi connectivity index (χ4n) is 2.59. The molecule has 1 amide bonds. The van der Waals surface area contributed by atoms with Crippen molar-refractivity contribution < 1.29 is 14.1 Å². The van der Waals surface area contributed by atoms with Crippen LogP contribution < -0.4 is 10.2 Å². The van der Waals surface area contributed by atoms with Crippen molar-refractivity contribution in [2.24, 2.45) is 0 Å². The van der Waals surface area contributed by atoms with Crippen LogP contribution in [0.5, 0.6) is 0 Å². The fourth-order valence-corrected chi connectivity index (χ4v) is 2.75. The molecule has 5 heteroatoms. The summed E-state index contributed by atoms with van der Waals surface area (Å²) < 4.78 is 13.6. The van der Waals surface area contributed by atoms with Crippen LogP contribution in [0.1, 0.15) is 32.1 Å². The van der Waals surface area contributed by atoms with Crippen LogP contribution >= 0.6 is 11.6 Å². The van der Waals surface area contributed by atoms with Crippen LogP contribution in [0.3, 0.4) is 0 Å². The Hall–Kier alpha value is -1.13. The molecule has 20 heavy (non-hydrogen) atoms. The van der Waals surface area contributed by atoms with Gasteiger partial charge in [-0.1, -0.05) is 18.0 Å². The highest BCUT2D eigenvalue weighted by molar-refractivity contribution is 6.30. The minimum absolute atomic E-state index is 0.137. The van der Waals surface area contributed by atoms with Gasteiger partial charge in [0.05, 0.1) is 18.8 Å². The first-order valence-corrected chi connectivity index (χ1v) is 7.61. The number of halogens is 2.